The van der Waals surface area contributed by atoms with Crippen LogP contribution < -0.4 is 5.32 Å². The molecular weight excluding hydrogens is 346 g/mol. The van der Waals surface area contributed by atoms with Crippen LogP contribution in [0.15, 0.2) is 84.9 Å². The zero-order valence-electron chi connectivity index (χ0n) is 13.4. The van der Waals surface area contributed by atoms with Crippen LogP contribution in [0.1, 0.15) is 16.7 Å². The molecule has 3 aromatic rings. The second-order valence-corrected chi connectivity index (χ2v) is 6.23. The van der Waals surface area contributed by atoms with E-state index < -0.39 is 4.87 Å². The van der Waals surface area contributed by atoms with Crippen molar-refractivity contribution in [1.29, 1.82) is 0 Å². The lowest BCUT2D eigenvalue weighted by Gasteiger charge is -2.27. The number of benzene rings is 3. The summed E-state index contributed by atoms with van der Waals surface area (Å²) in [7, 11) is 0. The van der Waals surface area contributed by atoms with Crippen LogP contribution in [0.4, 0.5) is 5.69 Å². The molecule has 0 aliphatic rings. The molecule has 3 aromatic carbocycles. The Balaban J connectivity index is 0.00000225. The molecular formula is C21H22ClNOSi. The molecule has 0 fully saturated rings. The van der Waals surface area contributed by atoms with E-state index in [1.807, 2.05) is 91.9 Å². The van der Waals surface area contributed by atoms with Gasteiger partial charge in [0, 0.05) is 5.69 Å². The molecule has 0 unspecified atom stereocenters. The molecule has 4 heteroatoms. The smallest absolute Gasteiger partial charge is 0.254 e. The molecule has 0 bridgehead atoms. The fraction of sp³-hybridized carbons (Fsp3) is 0.0952. The predicted molar refractivity (Wildman–Crippen MR) is 111 cm³/mol. The van der Waals surface area contributed by atoms with Crippen LogP contribution in [0.3, 0.4) is 0 Å². The van der Waals surface area contributed by atoms with Crippen LogP contribution in [0, 0.1) is 6.92 Å². The van der Waals surface area contributed by atoms with Crippen LogP contribution in [-0.2, 0) is 9.67 Å². The minimum absolute atomic E-state index is 0. The standard InChI is InChI=1S/C21H18ClNO.H4Si/c1-16-10-8-9-15-19(16)23-20(24)21(22,17-11-4-2-5-12-17)18-13-6-3-7-14-18;/h2-15H,1H3,(H,23,24);1H4. The number of rotatable bonds is 4. The van der Waals surface area contributed by atoms with Gasteiger partial charge in [0.25, 0.3) is 5.91 Å². The second kappa shape index (κ2) is 8.14. The van der Waals surface area contributed by atoms with Crippen molar-refractivity contribution in [2.75, 3.05) is 5.32 Å². The molecule has 1 amide bonds. The molecule has 25 heavy (non-hydrogen) atoms. The maximum absolute atomic E-state index is 13.1. The van der Waals surface area contributed by atoms with E-state index in [9.17, 15) is 4.79 Å². The summed E-state index contributed by atoms with van der Waals surface area (Å²) in [6, 6.07) is 26.5. The van der Waals surface area contributed by atoms with Crippen molar-refractivity contribution < 1.29 is 4.79 Å². The fourth-order valence-corrected chi connectivity index (χ4v) is 2.99. The molecule has 0 spiro atoms. The van der Waals surface area contributed by atoms with Crippen molar-refractivity contribution in [3.05, 3.63) is 102 Å². The van der Waals surface area contributed by atoms with E-state index in [2.05, 4.69) is 5.32 Å². The monoisotopic (exact) mass is 367 g/mol. The summed E-state index contributed by atoms with van der Waals surface area (Å²) < 4.78 is 0. The Morgan fingerprint density at radius 3 is 1.72 bits per heavy atom. The van der Waals surface area contributed by atoms with Gasteiger partial charge in [-0.05, 0) is 40.6 Å². The van der Waals surface area contributed by atoms with E-state index in [0.717, 1.165) is 22.4 Å². The molecule has 0 saturated heterocycles. The number of halogens is 1. The van der Waals surface area contributed by atoms with Crippen LogP contribution in [0.5, 0.6) is 0 Å². The average Bonchev–Trinajstić information content (AvgIpc) is 2.64. The number of nitrogens with one attached hydrogen (secondary N) is 1. The van der Waals surface area contributed by atoms with Gasteiger partial charge in [-0.25, -0.2) is 0 Å². The SMILES string of the molecule is Cc1ccccc1NC(=O)C(Cl)(c1ccccc1)c1ccccc1.[SiH4]. The van der Waals surface area contributed by atoms with Gasteiger partial charge in [0.05, 0.1) is 0 Å². The van der Waals surface area contributed by atoms with Gasteiger partial charge in [0.2, 0.25) is 0 Å². The van der Waals surface area contributed by atoms with Gasteiger partial charge in [-0.2, -0.15) is 0 Å². The Labute approximate surface area is 157 Å². The van der Waals surface area contributed by atoms with Crippen LogP contribution in [-0.4, -0.2) is 16.9 Å². The Morgan fingerprint density at radius 1 is 0.800 bits per heavy atom. The molecule has 1 N–H and O–H groups in total. The number of hydrogen-bond donors (Lipinski definition) is 1. The largest absolute Gasteiger partial charge is 0.324 e. The molecule has 0 saturated carbocycles. The van der Waals surface area contributed by atoms with E-state index in [1.165, 1.54) is 0 Å². The van der Waals surface area contributed by atoms with Gasteiger partial charge in [-0.1, -0.05) is 90.5 Å². The summed E-state index contributed by atoms with van der Waals surface area (Å²) in [5.74, 6) is -0.268. The lowest BCUT2D eigenvalue weighted by Crippen LogP contribution is -2.36. The molecule has 128 valence electrons. The maximum atomic E-state index is 13.1. The zero-order valence-corrected chi connectivity index (χ0v) is 14.1. The first-order valence-electron chi connectivity index (χ1n) is 7.79. The molecule has 0 aromatic heterocycles. The minimum atomic E-state index is -1.29. The summed E-state index contributed by atoms with van der Waals surface area (Å²) in [6.07, 6.45) is 0. The predicted octanol–water partition coefficient (Wildman–Crippen LogP) is 3.66. The third-order valence-electron chi connectivity index (χ3n) is 4.05. The highest BCUT2D eigenvalue weighted by Crippen LogP contribution is 2.38. The number of anilines is 1. The number of alkyl halides is 1. The van der Waals surface area contributed by atoms with Crippen molar-refractivity contribution in [2.45, 2.75) is 11.8 Å². The van der Waals surface area contributed by atoms with Crippen LogP contribution >= 0.6 is 11.6 Å². The molecule has 0 radical (unpaired) electrons. The number of carbonyl (C=O) groups is 1. The third-order valence-corrected chi connectivity index (χ3v) is 4.66. The first-order valence-corrected chi connectivity index (χ1v) is 8.17. The van der Waals surface area contributed by atoms with Crippen molar-refractivity contribution >= 4 is 34.2 Å². The first kappa shape index (κ1) is 19.0. The average molecular weight is 368 g/mol. The van der Waals surface area contributed by atoms with E-state index in [1.54, 1.807) is 0 Å². The van der Waals surface area contributed by atoms with Crippen LogP contribution in [0.25, 0.3) is 0 Å². The number of amides is 1. The minimum Gasteiger partial charge on any atom is -0.324 e. The highest BCUT2D eigenvalue weighted by molar-refractivity contribution is 6.38. The zero-order chi connectivity index (χ0) is 17.0. The van der Waals surface area contributed by atoms with Gasteiger partial charge in [0.15, 0.2) is 4.87 Å². The molecule has 0 heterocycles. The number of aryl methyl sites for hydroxylation is 1. The summed E-state index contributed by atoms with van der Waals surface area (Å²) >= 11 is 6.93. The summed E-state index contributed by atoms with van der Waals surface area (Å²) in [5.41, 5.74) is 3.23. The van der Waals surface area contributed by atoms with E-state index in [0.29, 0.717) is 0 Å². The number of hydrogen-bond acceptors (Lipinski definition) is 1. The van der Waals surface area contributed by atoms with Crippen molar-refractivity contribution in [3.63, 3.8) is 0 Å². The molecule has 0 atom stereocenters. The topological polar surface area (TPSA) is 29.1 Å². The molecule has 3 rings (SSSR count). The lowest BCUT2D eigenvalue weighted by atomic mass is 9.89. The molecule has 2 nitrogen and oxygen atoms in total. The van der Waals surface area contributed by atoms with Crippen molar-refractivity contribution in [2.24, 2.45) is 0 Å². The fourth-order valence-electron chi connectivity index (χ4n) is 2.69. The normalized spacial score (nSPS) is 10.6. The van der Waals surface area contributed by atoms with E-state index in [-0.39, 0.29) is 16.9 Å². The summed E-state index contributed by atoms with van der Waals surface area (Å²) in [4.78, 5) is 11.9. The van der Waals surface area contributed by atoms with Gasteiger partial charge in [-0.3, -0.25) is 4.79 Å². The molecule has 0 aliphatic heterocycles. The Morgan fingerprint density at radius 2 is 1.24 bits per heavy atom. The highest BCUT2D eigenvalue weighted by Gasteiger charge is 2.40. The Hall–Kier alpha value is -2.36. The van der Waals surface area contributed by atoms with E-state index >= 15 is 0 Å². The van der Waals surface area contributed by atoms with Gasteiger partial charge >= 0.3 is 0 Å². The van der Waals surface area contributed by atoms with Crippen LogP contribution in [0.2, 0.25) is 0 Å². The summed E-state index contributed by atoms with van der Waals surface area (Å²) in [6.45, 7) is 1.95. The Kier molecular flexibility index (Phi) is 6.18. The summed E-state index contributed by atoms with van der Waals surface area (Å²) in [5, 5.41) is 2.98. The van der Waals surface area contributed by atoms with Gasteiger partial charge in [0.1, 0.15) is 0 Å². The first-order chi connectivity index (χ1) is 11.6. The Bertz CT molecular complexity index is 797. The highest BCUT2D eigenvalue weighted by atomic mass is 35.5. The number of para-hydroxylation sites is 1. The van der Waals surface area contributed by atoms with Crippen molar-refractivity contribution in [1.82, 2.24) is 0 Å². The maximum Gasteiger partial charge on any atom is 0.254 e. The second-order valence-electron chi connectivity index (χ2n) is 5.66. The third kappa shape index (κ3) is 3.84. The quantitative estimate of drug-likeness (QED) is 0.553. The van der Waals surface area contributed by atoms with Gasteiger partial charge < -0.3 is 5.32 Å². The molecule has 0 aliphatic carbocycles. The van der Waals surface area contributed by atoms with Gasteiger partial charge in [-0.15, -0.1) is 0 Å². The number of carbonyl (C=O) groups excluding carboxylic acids is 1. The lowest BCUT2D eigenvalue weighted by molar-refractivity contribution is -0.117. The van der Waals surface area contributed by atoms with Crippen molar-refractivity contribution in [3.8, 4) is 0 Å². The van der Waals surface area contributed by atoms with E-state index in [4.69, 9.17) is 11.6 Å².